The van der Waals surface area contributed by atoms with Crippen molar-refractivity contribution in [2.75, 3.05) is 0 Å². The van der Waals surface area contributed by atoms with Gasteiger partial charge in [-0.1, -0.05) is 42.5 Å². The second kappa shape index (κ2) is 7.98. The molecule has 0 atom stereocenters. The van der Waals surface area contributed by atoms with Crippen molar-refractivity contribution in [1.29, 1.82) is 0 Å². The van der Waals surface area contributed by atoms with E-state index in [0.29, 0.717) is 28.0 Å². The van der Waals surface area contributed by atoms with Crippen LogP contribution in [0.4, 0.5) is 0 Å². The normalized spacial score (nSPS) is 11.2. The molecular formula is C23H19N3O3. The summed E-state index contributed by atoms with van der Waals surface area (Å²) in [5.74, 6) is 1.16. The van der Waals surface area contributed by atoms with Gasteiger partial charge in [0.1, 0.15) is 18.1 Å². The smallest absolute Gasteiger partial charge is 0.282 e. The highest BCUT2D eigenvalue weighted by atomic mass is 16.5. The maximum Gasteiger partial charge on any atom is 0.282 e. The number of nitrogens with zero attached hydrogens (tertiary/aromatic N) is 3. The van der Waals surface area contributed by atoms with E-state index in [4.69, 9.17) is 4.74 Å². The Morgan fingerprint density at radius 3 is 2.59 bits per heavy atom. The Labute approximate surface area is 167 Å². The highest BCUT2D eigenvalue weighted by Gasteiger charge is 2.12. The molecule has 0 saturated carbocycles. The zero-order valence-electron chi connectivity index (χ0n) is 15.8. The summed E-state index contributed by atoms with van der Waals surface area (Å²) in [6.07, 6.45) is 1.43. The van der Waals surface area contributed by atoms with Crippen LogP contribution in [-0.2, 0) is 6.61 Å². The molecule has 0 aliphatic carbocycles. The average Bonchev–Trinajstić information content (AvgIpc) is 2.74. The summed E-state index contributed by atoms with van der Waals surface area (Å²) in [7, 11) is 0. The minimum atomic E-state index is -0.300. The third-order valence-electron chi connectivity index (χ3n) is 4.52. The summed E-state index contributed by atoms with van der Waals surface area (Å²) in [5, 5.41) is 14.7. The molecule has 4 aromatic rings. The van der Waals surface area contributed by atoms with Crippen molar-refractivity contribution < 1.29 is 9.84 Å². The van der Waals surface area contributed by atoms with Gasteiger partial charge >= 0.3 is 0 Å². The molecule has 4 rings (SSSR count). The van der Waals surface area contributed by atoms with Crippen LogP contribution in [0.5, 0.6) is 11.5 Å². The maximum atomic E-state index is 13.0. The van der Waals surface area contributed by atoms with Gasteiger partial charge in [-0.05, 0) is 42.8 Å². The number of hydrogen-bond donors (Lipinski definition) is 1. The second-order valence-electron chi connectivity index (χ2n) is 6.52. The van der Waals surface area contributed by atoms with Gasteiger partial charge in [-0.25, -0.2) is 4.98 Å². The monoisotopic (exact) mass is 385 g/mol. The number of aromatic hydroxyl groups is 1. The number of ether oxygens (including phenoxy) is 1. The lowest BCUT2D eigenvalue weighted by atomic mass is 10.2. The molecule has 0 aliphatic heterocycles. The Morgan fingerprint density at radius 2 is 1.76 bits per heavy atom. The number of phenolic OH excluding ortho intramolecular Hbond substituents is 1. The number of aryl methyl sites for hydroxylation is 1. The summed E-state index contributed by atoms with van der Waals surface area (Å²) in [4.78, 5) is 17.6. The molecule has 0 radical (unpaired) electrons. The lowest BCUT2D eigenvalue weighted by molar-refractivity contribution is 0.287. The molecule has 0 bridgehead atoms. The summed E-state index contributed by atoms with van der Waals surface area (Å²) in [6, 6.07) is 21.5. The topological polar surface area (TPSA) is 76.7 Å². The van der Waals surface area contributed by atoms with Gasteiger partial charge in [-0.2, -0.15) is 9.78 Å². The molecular weight excluding hydrogens is 366 g/mol. The molecule has 0 aliphatic rings. The quantitative estimate of drug-likeness (QED) is 0.529. The van der Waals surface area contributed by atoms with E-state index in [9.17, 15) is 9.90 Å². The van der Waals surface area contributed by atoms with Crippen LogP contribution in [0.1, 0.15) is 17.0 Å². The fourth-order valence-electron chi connectivity index (χ4n) is 2.96. The zero-order valence-corrected chi connectivity index (χ0v) is 15.8. The fourth-order valence-corrected chi connectivity index (χ4v) is 2.96. The summed E-state index contributed by atoms with van der Waals surface area (Å²) in [5.41, 5.74) is 1.76. The highest BCUT2D eigenvalue weighted by Crippen LogP contribution is 2.18. The fraction of sp³-hybridized carbons (Fsp3) is 0.0870. The van der Waals surface area contributed by atoms with Gasteiger partial charge in [-0.3, -0.25) is 4.79 Å². The molecule has 1 aromatic heterocycles. The SMILES string of the molecule is Cc1ccccc1OCc1nc2ccccc2c(=O)n1/N=C\c1ccccc1O. The van der Waals surface area contributed by atoms with Gasteiger partial charge in [0.05, 0.1) is 17.1 Å². The van der Waals surface area contributed by atoms with Gasteiger partial charge in [0.2, 0.25) is 0 Å². The molecule has 1 heterocycles. The first-order valence-corrected chi connectivity index (χ1v) is 9.15. The van der Waals surface area contributed by atoms with Crippen molar-refractivity contribution in [2.24, 2.45) is 5.10 Å². The first kappa shape index (κ1) is 18.4. The van der Waals surface area contributed by atoms with E-state index in [1.807, 2.05) is 37.3 Å². The summed E-state index contributed by atoms with van der Waals surface area (Å²) < 4.78 is 7.11. The van der Waals surface area contributed by atoms with Crippen LogP contribution in [0, 0.1) is 6.92 Å². The van der Waals surface area contributed by atoms with Crippen molar-refractivity contribution in [1.82, 2.24) is 9.66 Å². The van der Waals surface area contributed by atoms with E-state index in [0.717, 1.165) is 5.56 Å². The molecule has 1 N–H and O–H groups in total. The van der Waals surface area contributed by atoms with Crippen molar-refractivity contribution in [3.63, 3.8) is 0 Å². The molecule has 0 spiro atoms. The van der Waals surface area contributed by atoms with Crippen LogP contribution in [0.3, 0.4) is 0 Å². The lowest BCUT2D eigenvalue weighted by Gasteiger charge is -2.12. The van der Waals surface area contributed by atoms with E-state index < -0.39 is 0 Å². The highest BCUT2D eigenvalue weighted by molar-refractivity contribution is 5.83. The molecule has 6 heteroatoms. The minimum absolute atomic E-state index is 0.0725. The number of hydrogen-bond acceptors (Lipinski definition) is 5. The maximum absolute atomic E-state index is 13.0. The van der Waals surface area contributed by atoms with Crippen LogP contribution in [0.15, 0.2) is 82.7 Å². The Morgan fingerprint density at radius 1 is 1.03 bits per heavy atom. The van der Waals surface area contributed by atoms with Crippen LogP contribution in [0.25, 0.3) is 10.9 Å². The number of phenols is 1. The minimum Gasteiger partial charge on any atom is -0.507 e. The summed E-state index contributed by atoms with van der Waals surface area (Å²) >= 11 is 0. The van der Waals surface area contributed by atoms with Gasteiger partial charge in [-0.15, -0.1) is 0 Å². The molecule has 0 amide bonds. The van der Waals surface area contributed by atoms with Crippen LogP contribution >= 0.6 is 0 Å². The standard InChI is InChI=1S/C23H19N3O3/c1-16-8-2-7-13-21(16)29-15-22-25-19-11-5-4-10-18(19)23(28)26(22)24-14-17-9-3-6-12-20(17)27/h2-14,27H,15H2,1H3/b24-14-. The molecule has 0 fully saturated rings. The molecule has 29 heavy (non-hydrogen) atoms. The predicted octanol–water partition coefficient (Wildman–Crippen LogP) is 3.87. The third-order valence-corrected chi connectivity index (χ3v) is 4.52. The van der Waals surface area contributed by atoms with Gasteiger partial charge < -0.3 is 9.84 Å². The van der Waals surface area contributed by atoms with Crippen LogP contribution in [0.2, 0.25) is 0 Å². The molecule has 0 unspecified atom stereocenters. The first-order chi connectivity index (χ1) is 14.1. The second-order valence-corrected chi connectivity index (χ2v) is 6.52. The zero-order chi connectivity index (χ0) is 20.2. The van der Waals surface area contributed by atoms with Crippen LogP contribution in [-0.4, -0.2) is 21.0 Å². The van der Waals surface area contributed by atoms with E-state index >= 15 is 0 Å². The van der Waals surface area contributed by atoms with Gasteiger partial charge in [0, 0.05) is 5.56 Å². The first-order valence-electron chi connectivity index (χ1n) is 9.15. The number of benzene rings is 3. The Balaban J connectivity index is 1.77. The van der Waals surface area contributed by atoms with Crippen molar-refractivity contribution in [3.8, 4) is 11.5 Å². The Bertz CT molecular complexity index is 1260. The number of fused-ring (bicyclic) bond motifs is 1. The number of para-hydroxylation sites is 3. The van der Waals surface area contributed by atoms with Gasteiger partial charge in [0.15, 0.2) is 5.82 Å². The van der Waals surface area contributed by atoms with Gasteiger partial charge in [0.25, 0.3) is 5.56 Å². The summed E-state index contributed by atoms with van der Waals surface area (Å²) in [6.45, 7) is 2.02. The Kier molecular flexibility index (Phi) is 5.07. The third kappa shape index (κ3) is 3.87. The molecule has 3 aromatic carbocycles. The molecule has 6 nitrogen and oxygen atoms in total. The van der Waals surface area contributed by atoms with E-state index in [1.54, 1.807) is 42.5 Å². The number of aromatic nitrogens is 2. The van der Waals surface area contributed by atoms with E-state index in [-0.39, 0.29) is 17.9 Å². The predicted molar refractivity (Wildman–Crippen MR) is 113 cm³/mol. The van der Waals surface area contributed by atoms with Crippen molar-refractivity contribution in [2.45, 2.75) is 13.5 Å². The Hall–Kier alpha value is -3.93. The van der Waals surface area contributed by atoms with Crippen molar-refractivity contribution in [3.05, 3.63) is 100 Å². The van der Waals surface area contributed by atoms with E-state index in [1.165, 1.54) is 10.9 Å². The molecule has 144 valence electrons. The molecule has 0 saturated heterocycles. The number of rotatable bonds is 5. The van der Waals surface area contributed by atoms with Crippen molar-refractivity contribution >= 4 is 17.1 Å². The van der Waals surface area contributed by atoms with Crippen LogP contribution < -0.4 is 10.3 Å². The van der Waals surface area contributed by atoms with E-state index in [2.05, 4.69) is 10.1 Å². The lowest BCUT2D eigenvalue weighted by Crippen LogP contribution is -2.23. The largest absolute Gasteiger partial charge is 0.507 e. The average molecular weight is 385 g/mol.